The maximum absolute atomic E-state index is 2.54. The van der Waals surface area contributed by atoms with Crippen molar-refractivity contribution in [3.63, 3.8) is 0 Å². The van der Waals surface area contributed by atoms with Gasteiger partial charge in [0.05, 0.1) is 11.0 Å². The van der Waals surface area contributed by atoms with Crippen molar-refractivity contribution in [1.82, 2.24) is 4.57 Å². The molecule has 0 saturated heterocycles. The van der Waals surface area contributed by atoms with Crippen LogP contribution in [-0.2, 0) is 0 Å². The number of nitrogens with zero attached hydrogens (tertiary/aromatic N) is 2. The highest BCUT2D eigenvalue weighted by atomic mass is 32.1. The Bertz CT molecular complexity index is 3390. The molecule has 0 aliphatic carbocycles. The van der Waals surface area contributed by atoms with Gasteiger partial charge in [0, 0.05) is 53.7 Å². The van der Waals surface area contributed by atoms with E-state index in [9.17, 15) is 0 Å². The Labute approximate surface area is 342 Å². The van der Waals surface area contributed by atoms with Crippen molar-refractivity contribution in [2.45, 2.75) is 13.1 Å². The van der Waals surface area contributed by atoms with Crippen molar-refractivity contribution in [2.75, 3.05) is 4.90 Å². The lowest BCUT2D eigenvalue weighted by molar-refractivity contribution is 1.17. The molecular formula is C54H38N2SSi. The summed E-state index contributed by atoms with van der Waals surface area (Å²) in [5.74, 6) is 0. The van der Waals surface area contributed by atoms with E-state index in [0.717, 1.165) is 17.1 Å². The third kappa shape index (κ3) is 4.95. The number of para-hydroxylation sites is 2. The molecule has 0 atom stereocenters. The summed E-state index contributed by atoms with van der Waals surface area (Å²) in [5.41, 5.74) is 12.3. The van der Waals surface area contributed by atoms with Gasteiger partial charge in [-0.25, -0.2) is 0 Å². The van der Waals surface area contributed by atoms with Gasteiger partial charge in [-0.05, 0) is 116 Å². The second kappa shape index (κ2) is 12.6. The van der Waals surface area contributed by atoms with E-state index in [-0.39, 0.29) is 0 Å². The molecule has 0 N–H and O–H groups in total. The summed E-state index contributed by atoms with van der Waals surface area (Å²) in [4.78, 5) is 2.46. The minimum atomic E-state index is -2.06. The Morgan fingerprint density at radius 1 is 0.448 bits per heavy atom. The van der Waals surface area contributed by atoms with Crippen molar-refractivity contribution < 1.29 is 0 Å². The third-order valence-corrected chi connectivity index (χ3v) is 17.2. The number of rotatable bonds is 5. The molecular weight excluding hydrogens is 737 g/mol. The van der Waals surface area contributed by atoms with E-state index in [0.29, 0.717) is 0 Å². The Balaban J connectivity index is 1.04. The second-order valence-electron chi connectivity index (χ2n) is 16.1. The van der Waals surface area contributed by atoms with E-state index in [4.69, 9.17) is 0 Å². The van der Waals surface area contributed by atoms with E-state index in [1.54, 1.807) is 0 Å². The molecule has 12 rings (SSSR count). The molecule has 3 heterocycles. The van der Waals surface area contributed by atoms with E-state index < -0.39 is 8.07 Å². The van der Waals surface area contributed by atoms with Gasteiger partial charge in [0.2, 0.25) is 0 Å². The lowest BCUT2D eigenvalue weighted by atomic mass is 9.99. The van der Waals surface area contributed by atoms with Crippen LogP contribution in [0.2, 0.25) is 13.1 Å². The Hall–Kier alpha value is -6.72. The summed E-state index contributed by atoms with van der Waals surface area (Å²) in [7, 11) is -2.06. The molecule has 2 nitrogen and oxygen atoms in total. The molecule has 274 valence electrons. The standard InChI is InChI=1S/C54H38N2SSi/c1-58(2)51-31-30-50-53(45-18-7-10-21-49(45)57-50)54(51)46-29-28-42(34-52(46)58)55(39-26-24-36(25-27-39)38-23-22-35-12-3-4-13-37(35)32-38)40-14-11-15-41(33-40)56-47-19-8-5-16-43(47)44-17-6-9-20-48(44)56/h3-34H,1-2H3. The number of hydrogen-bond donors (Lipinski definition) is 0. The average Bonchev–Trinajstić information content (AvgIpc) is 3.89. The number of benzene rings is 9. The highest BCUT2D eigenvalue weighted by Gasteiger charge is 2.39. The van der Waals surface area contributed by atoms with Crippen LogP contribution in [0.3, 0.4) is 0 Å². The summed E-state index contributed by atoms with van der Waals surface area (Å²) >= 11 is 1.91. The zero-order valence-electron chi connectivity index (χ0n) is 32.3. The first-order valence-corrected chi connectivity index (χ1v) is 23.9. The molecule has 0 bridgehead atoms. The zero-order valence-corrected chi connectivity index (χ0v) is 34.1. The Morgan fingerprint density at radius 3 is 1.90 bits per heavy atom. The van der Waals surface area contributed by atoms with Gasteiger partial charge >= 0.3 is 0 Å². The van der Waals surface area contributed by atoms with Crippen LogP contribution in [0.25, 0.3) is 80.7 Å². The molecule has 11 aromatic rings. The smallest absolute Gasteiger partial charge is 0.113 e. The maximum atomic E-state index is 2.54. The highest BCUT2D eigenvalue weighted by Crippen LogP contribution is 2.44. The van der Waals surface area contributed by atoms with Gasteiger partial charge < -0.3 is 9.47 Å². The normalized spacial score (nSPS) is 13.1. The average molecular weight is 775 g/mol. The number of anilines is 3. The largest absolute Gasteiger partial charge is 0.310 e. The van der Waals surface area contributed by atoms with E-state index in [2.05, 4.69) is 217 Å². The van der Waals surface area contributed by atoms with Crippen molar-refractivity contribution in [3.8, 4) is 27.9 Å². The topological polar surface area (TPSA) is 8.17 Å². The molecule has 1 aliphatic heterocycles. The molecule has 58 heavy (non-hydrogen) atoms. The highest BCUT2D eigenvalue weighted by molar-refractivity contribution is 7.26. The molecule has 2 aromatic heterocycles. The second-order valence-corrected chi connectivity index (χ2v) is 21.6. The van der Waals surface area contributed by atoms with Crippen LogP contribution in [0, 0.1) is 0 Å². The maximum Gasteiger partial charge on any atom is 0.113 e. The quantitative estimate of drug-likeness (QED) is 0.158. The van der Waals surface area contributed by atoms with Crippen LogP contribution in [0.1, 0.15) is 0 Å². The SMILES string of the molecule is C[Si]1(C)c2cc(N(c3ccc(-c4ccc5ccccc5c4)cc3)c3cccc(-n4c5ccccc5c5ccccc54)c3)ccc2-c2c1ccc1sc3ccccc3c21. The van der Waals surface area contributed by atoms with Crippen molar-refractivity contribution in [2.24, 2.45) is 0 Å². The molecule has 0 radical (unpaired) electrons. The molecule has 0 spiro atoms. The monoisotopic (exact) mass is 774 g/mol. The summed E-state index contributed by atoms with van der Waals surface area (Å²) in [6.07, 6.45) is 0. The summed E-state index contributed by atoms with van der Waals surface area (Å²) in [5, 5.41) is 10.9. The van der Waals surface area contributed by atoms with Crippen LogP contribution in [0.5, 0.6) is 0 Å². The first kappa shape index (κ1) is 33.4. The Kier molecular flexibility index (Phi) is 7.28. The van der Waals surface area contributed by atoms with Gasteiger partial charge in [-0.1, -0.05) is 134 Å². The van der Waals surface area contributed by atoms with Gasteiger partial charge in [-0.3, -0.25) is 0 Å². The molecule has 9 aromatic carbocycles. The molecule has 0 fully saturated rings. The lowest BCUT2D eigenvalue weighted by Crippen LogP contribution is -2.49. The molecule has 1 aliphatic rings. The summed E-state index contributed by atoms with van der Waals surface area (Å²) in [6.45, 7) is 5.07. The fourth-order valence-electron chi connectivity index (χ4n) is 9.76. The van der Waals surface area contributed by atoms with Gasteiger partial charge in [-0.15, -0.1) is 11.3 Å². The van der Waals surface area contributed by atoms with Crippen LogP contribution in [-0.4, -0.2) is 12.6 Å². The first-order valence-electron chi connectivity index (χ1n) is 20.1. The van der Waals surface area contributed by atoms with Crippen molar-refractivity contribution >= 4 is 99.6 Å². The van der Waals surface area contributed by atoms with E-state index in [1.165, 1.54) is 91.1 Å². The van der Waals surface area contributed by atoms with Gasteiger partial charge in [0.25, 0.3) is 0 Å². The molecule has 0 amide bonds. The number of thiophene rings is 1. The van der Waals surface area contributed by atoms with Crippen molar-refractivity contribution in [1.29, 1.82) is 0 Å². The molecule has 4 heteroatoms. The summed E-state index contributed by atoms with van der Waals surface area (Å²) < 4.78 is 5.15. The van der Waals surface area contributed by atoms with Crippen LogP contribution in [0.15, 0.2) is 194 Å². The number of fused-ring (bicyclic) bond motifs is 11. The number of aromatic nitrogens is 1. The molecule has 0 saturated carbocycles. The Morgan fingerprint density at radius 2 is 1.10 bits per heavy atom. The van der Waals surface area contributed by atoms with Crippen molar-refractivity contribution in [3.05, 3.63) is 194 Å². The first-order chi connectivity index (χ1) is 28.5. The van der Waals surface area contributed by atoms with Crippen LogP contribution in [0.4, 0.5) is 17.1 Å². The van der Waals surface area contributed by atoms with Crippen LogP contribution >= 0.6 is 11.3 Å². The predicted molar refractivity (Wildman–Crippen MR) is 253 cm³/mol. The minimum absolute atomic E-state index is 1.12. The fraction of sp³-hybridized carbons (Fsp3) is 0.0370. The minimum Gasteiger partial charge on any atom is -0.310 e. The number of hydrogen-bond acceptors (Lipinski definition) is 2. The summed E-state index contributed by atoms with van der Waals surface area (Å²) in [6, 6.07) is 72.2. The van der Waals surface area contributed by atoms with E-state index >= 15 is 0 Å². The van der Waals surface area contributed by atoms with Crippen LogP contribution < -0.4 is 15.3 Å². The lowest BCUT2D eigenvalue weighted by Gasteiger charge is -2.28. The predicted octanol–water partition coefficient (Wildman–Crippen LogP) is 14.2. The molecule has 0 unspecified atom stereocenters. The van der Waals surface area contributed by atoms with E-state index in [1.807, 2.05) is 11.3 Å². The van der Waals surface area contributed by atoms with Gasteiger partial charge in [0.1, 0.15) is 8.07 Å². The fourth-order valence-corrected chi connectivity index (χ4v) is 13.9. The zero-order chi connectivity index (χ0) is 38.5. The third-order valence-electron chi connectivity index (χ3n) is 12.6. The van der Waals surface area contributed by atoms with Gasteiger partial charge in [-0.2, -0.15) is 0 Å². The van der Waals surface area contributed by atoms with Gasteiger partial charge in [0.15, 0.2) is 0 Å².